The smallest absolute Gasteiger partial charge is 0.254 e. The first-order chi connectivity index (χ1) is 9.20. The van der Waals surface area contributed by atoms with Crippen molar-refractivity contribution in [1.82, 2.24) is 10.2 Å². The second-order valence-electron chi connectivity index (χ2n) is 5.70. The summed E-state index contributed by atoms with van der Waals surface area (Å²) in [5.74, 6) is 0.160. The van der Waals surface area contributed by atoms with E-state index in [1.807, 2.05) is 29.2 Å². The molecule has 2 aliphatic rings. The van der Waals surface area contributed by atoms with Gasteiger partial charge in [-0.3, -0.25) is 4.79 Å². The predicted octanol–water partition coefficient (Wildman–Crippen LogP) is 3.09. The fraction of sp³-hybridized carbons (Fsp3) is 0.533. The summed E-state index contributed by atoms with van der Waals surface area (Å²) in [4.78, 5) is 14.5. The molecule has 0 bridgehead atoms. The van der Waals surface area contributed by atoms with E-state index in [1.165, 1.54) is 6.42 Å². The van der Waals surface area contributed by atoms with Crippen LogP contribution in [-0.4, -0.2) is 37.0 Å². The maximum atomic E-state index is 12.5. The number of hydrogen-bond donors (Lipinski definition) is 1. The van der Waals surface area contributed by atoms with Crippen molar-refractivity contribution in [2.24, 2.45) is 5.41 Å². The molecule has 20 heavy (non-hydrogen) atoms. The van der Waals surface area contributed by atoms with Crippen molar-refractivity contribution in [3.8, 4) is 0 Å². The molecule has 5 heteroatoms. The third kappa shape index (κ3) is 3.02. The number of piperidine rings is 1. The van der Waals surface area contributed by atoms with Crippen LogP contribution in [0.1, 0.15) is 29.6 Å². The number of hydrogen-bond acceptors (Lipinski definition) is 2. The third-order valence-corrected chi connectivity index (χ3v) is 5.24. The van der Waals surface area contributed by atoms with Gasteiger partial charge in [0.15, 0.2) is 0 Å². The van der Waals surface area contributed by atoms with Gasteiger partial charge in [-0.2, -0.15) is 0 Å². The van der Waals surface area contributed by atoms with E-state index in [-0.39, 0.29) is 18.3 Å². The summed E-state index contributed by atoms with van der Waals surface area (Å²) in [6, 6.07) is 7.69. The summed E-state index contributed by atoms with van der Waals surface area (Å²) in [5, 5.41) is 3.46. The van der Waals surface area contributed by atoms with Gasteiger partial charge in [0, 0.05) is 24.1 Å². The summed E-state index contributed by atoms with van der Waals surface area (Å²) in [6.45, 7) is 4.05. The lowest BCUT2D eigenvalue weighted by Crippen LogP contribution is -2.44. The number of carbonyl (C=O) groups excluding carboxylic acids is 1. The molecular weight excluding hydrogens is 340 g/mol. The Kier molecular flexibility index (Phi) is 5.10. The second-order valence-corrected chi connectivity index (χ2v) is 6.55. The average molecular weight is 360 g/mol. The van der Waals surface area contributed by atoms with Gasteiger partial charge in [0.25, 0.3) is 5.91 Å². The van der Waals surface area contributed by atoms with E-state index in [0.29, 0.717) is 5.41 Å². The van der Waals surface area contributed by atoms with Crippen molar-refractivity contribution < 1.29 is 4.79 Å². The monoisotopic (exact) mass is 358 g/mol. The zero-order valence-corrected chi connectivity index (χ0v) is 13.8. The molecule has 0 atom stereocenters. The van der Waals surface area contributed by atoms with Gasteiger partial charge in [-0.25, -0.2) is 0 Å². The molecular formula is C15H20BrClN2O. The molecule has 2 aliphatic heterocycles. The Morgan fingerprint density at radius 1 is 1.20 bits per heavy atom. The maximum Gasteiger partial charge on any atom is 0.254 e. The quantitative estimate of drug-likeness (QED) is 0.836. The standard InChI is InChI=1S/C15H19BrN2O.ClH/c16-13-4-2-1-3-12(13)14(19)18-9-6-15(7-10-18)5-8-17-11-15;/h1-4,17H,5-11H2;1H. The van der Waals surface area contributed by atoms with Crippen molar-refractivity contribution in [2.45, 2.75) is 19.3 Å². The van der Waals surface area contributed by atoms with Crippen molar-refractivity contribution in [3.63, 3.8) is 0 Å². The molecule has 0 unspecified atom stereocenters. The van der Waals surface area contributed by atoms with Gasteiger partial charge in [-0.1, -0.05) is 12.1 Å². The van der Waals surface area contributed by atoms with Crippen LogP contribution in [0.15, 0.2) is 28.7 Å². The van der Waals surface area contributed by atoms with Gasteiger partial charge in [0.05, 0.1) is 5.56 Å². The molecule has 2 fully saturated rings. The van der Waals surface area contributed by atoms with Crippen LogP contribution >= 0.6 is 28.3 Å². The van der Waals surface area contributed by atoms with Crippen LogP contribution in [0.25, 0.3) is 0 Å². The summed E-state index contributed by atoms with van der Waals surface area (Å²) < 4.78 is 0.891. The van der Waals surface area contributed by atoms with E-state index in [0.717, 1.165) is 49.1 Å². The van der Waals surface area contributed by atoms with E-state index in [1.54, 1.807) is 0 Å². The first-order valence-electron chi connectivity index (χ1n) is 6.95. The average Bonchev–Trinajstić information content (AvgIpc) is 2.88. The van der Waals surface area contributed by atoms with E-state index < -0.39 is 0 Å². The predicted molar refractivity (Wildman–Crippen MR) is 86.4 cm³/mol. The van der Waals surface area contributed by atoms with Gasteiger partial charge in [0.1, 0.15) is 0 Å². The van der Waals surface area contributed by atoms with E-state index in [9.17, 15) is 4.79 Å². The summed E-state index contributed by atoms with van der Waals surface area (Å²) in [5.41, 5.74) is 1.24. The van der Waals surface area contributed by atoms with E-state index in [2.05, 4.69) is 21.2 Å². The molecule has 1 amide bonds. The van der Waals surface area contributed by atoms with Gasteiger partial charge in [-0.05, 0) is 59.3 Å². The minimum atomic E-state index is 0. The lowest BCUT2D eigenvalue weighted by Gasteiger charge is -2.39. The van der Waals surface area contributed by atoms with Gasteiger partial charge in [-0.15, -0.1) is 12.4 Å². The third-order valence-electron chi connectivity index (χ3n) is 4.55. The first-order valence-corrected chi connectivity index (χ1v) is 7.74. The van der Waals surface area contributed by atoms with Crippen LogP contribution in [0.2, 0.25) is 0 Å². The number of carbonyl (C=O) groups is 1. The number of nitrogens with one attached hydrogen (secondary N) is 1. The van der Waals surface area contributed by atoms with Crippen LogP contribution in [0.4, 0.5) is 0 Å². The molecule has 2 heterocycles. The normalized spacial score (nSPS) is 20.8. The molecule has 3 rings (SSSR count). The minimum Gasteiger partial charge on any atom is -0.339 e. The molecule has 0 aliphatic carbocycles. The van der Waals surface area contributed by atoms with E-state index in [4.69, 9.17) is 0 Å². The number of rotatable bonds is 1. The lowest BCUT2D eigenvalue weighted by molar-refractivity contribution is 0.0607. The largest absolute Gasteiger partial charge is 0.339 e. The molecule has 1 aromatic rings. The van der Waals surface area contributed by atoms with E-state index >= 15 is 0 Å². The highest BCUT2D eigenvalue weighted by Crippen LogP contribution is 2.37. The Hall–Kier alpha value is -0.580. The zero-order valence-electron chi connectivity index (χ0n) is 11.4. The molecule has 2 saturated heterocycles. The van der Waals surface area contributed by atoms with Crippen molar-refractivity contribution in [3.05, 3.63) is 34.3 Å². The molecule has 1 spiro atoms. The number of amides is 1. The van der Waals surface area contributed by atoms with Gasteiger partial charge >= 0.3 is 0 Å². The number of likely N-dealkylation sites (tertiary alicyclic amines) is 1. The molecule has 3 nitrogen and oxygen atoms in total. The lowest BCUT2D eigenvalue weighted by atomic mass is 9.78. The highest BCUT2D eigenvalue weighted by atomic mass is 79.9. The number of benzene rings is 1. The number of halogens is 2. The molecule has 1 N–H and O–H groups in total. The summed E-state index contributed by atoms with van der Waals surface area (Å²) in [7, 11) is 0. The van der Waals surface area contributed by atoms with Gasteiger partial charge < -0.3 is 10.2 Å². The Morgan fingerprint density at radius 2 is 1.90 bits per heavy atom. The Morgan fingerprint density at radius 3 is 2.50 bits per heavy atom. The highest BCUT2D eigenvalue weighted by molar-refractivity contribution is 9.10. The SMILES string of the molecule is Cl.O=C(c1ccccc1Br)N1CCC2(CCNC2)CC1. The zero-order chi connectivity index (χ0) is 13.3. The summed E-state index contributed by atoms with van der Waals surface area (Å²) >= 11 is 3.47. The van der Waals surface area contributed by atoms with Crippen LogP contribution in [0.3, 0.4) is 0 Å². The molecule has 0 saturated carbocycles. The molecule has 110 valence electrons. The second kappa shape index (κ2) is 6.46. The molecule has 1 aromatic carbocycles. The van der Waals surface area contributed by atoms with Crippen molar-refractivity contribution >= 4 is 34.2 Å². The highest BCUT2D eigenvalue weighted by Gasteiger charge is 2.38. The van der Waals surface area contributed by atoms with Crippen LogP contribution in [-0.2, 0) is 0 Å². The maximum absolute atomic E-state index is 12.5. The van der Waals surface area contributed by atoms with Crippen LogP contribution in [0, 0.1) is 5.41 Å². The topological polar surface area (TPSA) is 32.3 Å². The minimum absolute atomic E-state index is 0. The van der Waals surface area contributed by atoms with Crippen LogP contribution < -0.4 is 5.32 Å². The van der Waals surface area contributed by atoms with Crippen LogP contribution in [0.5, 0.6) is 0 Å². The molecule has 0 aromatic heterocycles. The Balaban J connectivity index is 0.00000147. The fourth-order valence-corrected chi connectivity index (χ4v) is 3.67. The fourth-order valence-electron chi connectivity index (χ4n) is 3.21. The molecule has 0 radical (unpaired) electrons. The summed E-state index contributed by atoms with van der Waals surface area (Å²) in [6.07, 6.45) is 3.54. The van der Waals surface area contributed by atoms with Gasteiger partial charge in [0.2, 0.25) is 0 Å². The Labute approximate surface area is 134 Å². The van der Waals surface area contributed by atoms with Crippen molar-refractivity contribution in [1.29, 1.82) is 0 Å². The van der Waals surface area contributed by atoms with Crippen molar-refractivity contribution in [2.75, 3.05) is 26.2 Å². The first kappa shape index (κ1) is 15.8. The Bertz CT molecular complexity index is 479. The number of nitrogens with zero attached hydrogens (tertiary/aromatic N) is 1.